The smallest absolute Gasteiger partial charge is 0.158 e. The first-order valence-electron chi connectivity index (χ1n) is 4.25. The molecule has 1 saturated carbocycles. The van der Waals surface area contributed by atoms with Crippen LogP contribution in [0.25, 0.3) is 0 Å². The minimum atomic E-state index is -0.0368. The zero-order valence-corrected chi connectivity index (χ0v) is 6.49. The van der Waals surface area contributed by atoms with E-state index >= 15 is 0 Å². The Kier molecular flexibility index (Phi) is 1.82. The minimum Gasteiger partial charge on any atom is -0.392 e. The third kappa shape index (κ3) is 1.13. The Morgan fingerprint density at radius 2 is 2.45 bits per heavy atom. The molecule has 0 saturated heterocycles. The summed E-state index contributed by atoms with van der Waals surface area (Å²) < 4.78 is 0. The third-order valence-electron chi connectivity index (χ3n) is 2.56. The van der Waals surface area contributed by atoms with E-state index in [0.717, 1.165) is 12.8 Å². The lowest BCUT2D eigenvalue weighted by atomic mass is 9.84. The largest absolute Gasteiger partial charge is 0.392 e. The highest BCUT2D eigenvalue weighted by molar-refractivity contribution is 5.88. The highest BCUT2D eigenvalue weighted by atomic mass is 16.6. The molecule has 2 atom stereocenters. The Labute approximate surface area is 66.0 Å². The zero-order chi connectivity index (χ0) is 7.68. The summed E-state index contributed by atoms with van der Waals surface area (Å²) >= 11 is 0. The maximum Gasteiger partial charge on any atom is 0.158 e. The summed E-state index contributed by atoms with van der Waals surface area (Å²) in [4.78, 5) is 5.09. The summed E-state index contributed by atoms with van der Waals surface area (Å²) in [5.74, 6) is 0.425. The maximum absolute atomic E-state index is 8.91. The van der Waals surface area contributed by atoms with Gasteiger partial charge in [0.15, 0.2) is 6.10 Å². The molecule has 0 bridgehead atoms. The summed E-state index contributed by atoms with van der Waals surface area (Å²) in [6.07, 6.45) is 4.66. The summed E-state index contributed by atoms with van der Waals surface area (Å²) in [5, 5.41) is 12.9. The van der Waals surface area contributed by atoms with E-state index in [-0.39, 0.29) is 12.7 Å². The number of aliphatic hydroxyl groups excluding tert-OH is 1. The van der Waals surface area contributed by atoms with Crippen LogP contribution in [0.15, 0.2) is 5.16 Å². The Balaban J connectivity index is 2.05. The first-order chi connectivity index (χ1) is 5.42. The van der Waals surface area contributed by atoms with Crippen molar-refractivity contribution in [1.29, 1.82) is 0 Å². The van der Waals surface area contributed by atoms with Crippen LogP contribution in [0.1, 0.15) is 25.7 Å². The van der Waals surface area contributed by atoms with Crippen molar-refractivity contribution < 1.29 is 9.94 Å². The molecule has 1 aliphatic carbocycles. The van der Waals surface area contributed by atoms with Crippen molar-refractivity contribution in [3.05, 3.63) is 0 Å². The average Bonchev–Trinajstić information content (AvgIpc) is 2.47. The van der Waals surface area contributed by atoms with Gasteiger partial charge in [0, 0.05) is 5.92 Å². The second-order valence-electron chi connectivity index (χ2n) is 3.26. The van der Waals surface area contributed by atoms with Crippen LogP contribution in [0.4, 0.5) is 0 Å². The van der Waals surface area contributed by atoms with Gasteiger partial charge in [0.05, 0.1) is 12.3 Å². The van der Waals surface area contributed by atoms with Crippen molar-refractivity contribution in [3.8, 4) is 0 Å². The molecule has 3 nitrogen and oxygen atoms in total. The van der Waals surface area contributed by atoms with Crippen molar-refractivity contribution >= 4 is 5.71 Å². The molecule has 2 rings (SSSR count). The molecule has 2 aliphatic rings. The van der Waals surface area contributed by atoms with Gasteiger partial charge in [-0.25, -0.2) is 0 Å². The van der Waals surface area contributed by atoms with Gasteiger partial charge in [-0.15, -0.1) is 0 Å². The predicted octanol–water partition coefficient (Wildman–Crippen LogP) is 0.924. The number of oxime groups is 1. The van der Waals surface area contributed by atoms with Crippen LogP contribution >= 0.6 is 0 Å². The van der Waals surface area contributed by atoms with Crippen molar-refractivity contribution in [2.75, 3.05) is 6.61 Å². The first kappa shape index (κ1) is 7.10. The quantitative estimate of drug-likeness (QED) is 0.612. The molecule has 3 heteroatoms. The molecule has 1 N–H and O–H groups in total. The molecule has 1 aliphatic heterocycles. The molecule has 0 unspecified atom stereocenters. The van der Waals surface area contributed by atoms with Gasteiger partial charge in [0.1, 0.15) is 0 Å². The Bertz CT molecular complexity index is 179. The van der Waals surface area contributed by atoms with Gasteiger partial charge in [-0.3, -0.25) is 0 Å². The van der Waals surface area contributed by atoms with Gasteiger partial charge < -0.3 is 9.94 Å². The summed E-state index contributed by atoms with van der Waals surface area (Å²) in [5.41, 5.74) is 1.18. The summed E-state index contributed by atoms with van der Waals surface area (Å²) in [7, 11) is 0. The van der Waals surface area contributed by atoms with Gasteiger partial charge in [0.25, 0.3) is 0 Å². The van der Waals surface area contributed by atoms with Crippen LogP contribution in [0.2, 0.25) is 0 Å². The van der Waals surface area contributed by atoms with Crippen LogP contribution < -0.4 is 0 Å². The Hall–Kier alpha value is -0.570. The molecule has 1 heterocycles. The number of fused-ring (bicyclic) bond motifs is 1. The lowest BCUT2D eigenvalue weighted by molar-refractivity contribution is 0.0157. The van der Waals surface area contributed by atoms with E-state index in [1.165, 1.54) is 18.6 Å². The van der Waals surface area contributed by atoms with E-state index in [2.05, 4.69) is 5.16 Å². The zero-order valence-electron chi connectivity index (χ0n) is 6.49. The summed E-state index contributed by atoms with van der Waals surface area (Å²) in [6, 6.07) is 0. The molecule has 0 aromatic rings. The number of nitrogens with zero attached hydrogens (tertiary/aromatic N) is 1. The Morgan fingerprint density at radius 1 is 1.55 bits per heavy atom. The van der Waals surface area contributed by atoms with E-state index in [1.807, 2.05) is 0 Å². The predicted molar refractivity (Wildman–Crippen MR) is 41.4 cm³/mol. The fourth-order valence-corrected chi connectivity index (χ4v) is 1.91. The normalized spacial score (nSPS) is 35.9. The lowest BCUT2D eigenvalue weighted by Crippen LogP contribution is -2.28. The maximum atomic E-state index is 8.91. The SMILES string of the molecule is OC[C@H]1ON=C2CCCC[C@@H]21. The molecular formula is C8H13NO2. The molecular weight excluding hydrogens is 142 g/mol. The fourth-order valence-electron chi connectivity index (χ4n) is 1.91. The van der Waals surface area contributed by atoms with E-state index in [1.54, 1.807) is 0 Å². The highest BCUT2D eigenvalue weighted by Crippen LogP contribution is 2.30. The van der Waals surface area contributed by atoms with Gasteiger partial charge in [-0.2, -0.15) is 0 Å². The second kappa shape index (κ2) is 2.81. The Morgan fingerprint density at radius 3 is 3.27 bits per heavy atom. The van der Waals surface area contributed by atoms with E-state index < -0.39 is 0 Å². The number of rotatable bonds is 1. The standard InChI is InChI=1S/C8H13NO2/c10-5-8-6-3-1-2-4-7(6)9-11-8/h6,8,10H,1-5H2/t6-,8+/m0/s1. The molecule has 0 aromatic heterocycles. The molecule has 0 amide bonds. The molecule has 0 spiro atoms. The average molecular weight is 155 g/mol. The third-order valence-corrected chi connectivity index (χ3v) is 2.56. The molecule has 0 radical (unpaired) electrons. The highest BCUT2D eigenvalue weighted by Gasteiger charge is 2.34. The van der Waals surface area contributed by atoms with Gasteiger partial charge in [-0.1, -0.05) is 11.6 Å². The van der Waals surface area contributed by atoms with Gasteiger partial charge in [0.2, 0.25) is 0 Å². The second-order valence-corrected chi connectivity index (χ2v) is 3.26. The number of hydrogen-bond acceptors (Lipinski definition) is 3. The van der Waals surface area contributed by atoms with Crippen molar-refractivity contribution in [2.45, 2.75) is 31.8 Å². The fraction of sp³-hybridized carbons (Fsp3) is 0.875. The monoisotopic (exact) mass is 155 g/mol. The van der Waals surface area contributed by atoms with Crippen LogP contribution in [0.3, 0.4) is 0 Å². The number of hydrogen-bond donors (Lipinski definition) is 1. The summed E-state index contributed by atoms with van der Waals surface area (Å²) in [6.45, 7) is 0.109. The van der Waals surface area contributed by atoms with Crippen LogP contribution in [-0.4, -0.2) is 23.5 Å². The van der Waals surface area contributed by atoms with Crippen molar-refractivity contribution in [2.24, 2.45) is 11.1 Å². The van der Waals surface area contributed by atoms with E-state index in [9.17, 15) is 0 Å². The van der Waals surface area contributed by atoms with Crippen LogP contribution in [0.5, 0.6) is 0 Å². The lowest BCUT2D eigenvalue weighted by Gasteiger charge is -2.20. The minimum absolute atomic E-state index is 0.0368. The number of aliphatic hydroxyl groups is 1. The first-order valence-corrected chi connectivity index (χ1v) is 4.25. The molecule has 11 heavy (non-hydrogen) atoms. The van der Waals surface area contributed by atoms with Crippen LogP contribution in [-0.2, 0) is 4.84 Å². The van der Waals surface area contributed by atoms with Crippen molar-refractivity contribution in [3.63, 3.8) is 0 Å². The van der Waals surface area contributed by atoms with Gasteiger partial charge in [-0.05, 0) is 19.3 Å². The van der Waals surface area contributed by atoms with Crippen LogP contribution in [0, 0.1) is 5.92 Å². The van der Waals surface area contributed by atoms with E-state index in [0.29, 0.717) is 5.92 Å². The van der Waals surface area contributed by atoms with Crippen molar-refractivity contribution in [1.82, 2.24) is 0 Å². The topological polar surface area (TPSA) is 41.8 Å². The molecule has 62 valence electrons. The van der Waals surface area contributed by atoms with Gasteiger partial charge >= 0.3 is 0 Å². The van der Waals surface area contributed by atoms with E-state index in [4.69, 9.17) is 9.94 Å². The molecule has 0 aromatic carbocycles. The molecule has 1 fully saturated rings.